The Morgan fingerprint density at radius 2 is 1.61 bits per heavy atom. The molecule has 0 bridgehead atoms. The van der Waals surface area contributed by atoms with E-state index >= 15 is 0 Å². The molecule has 158 valence electrons. The molecule has 28 heavy (non-hydrogen) atoms. The molecule has 2 amide bonds. The van der Waals surface area contributed by atoms with Crippen molar-refractivity contribution in [2.75, 3.05) is 50.0 Å². The number of ether oxygens (including phenoxy) is 1. The first-order valence-corrected chi connectivity index (χ1v) is 9.46. The van der Waals surface area contributed by atoms with Crippen LogP contribution in [0.25, 0.3) is 0 Å². The van der Waals surface area contributed by atoms with Gasteiger partial charge in [-0.25, -0.2) is 0 Å². The van der Waals surface area contributed by atoms with Gasteiger partial charge in [0, 0.05) is 24.5 Å². The van der Waals surface area contributed by atoms with E-state index in [-0.39, 0.29) is 36.6 Å². The van der Waals surface area contributed by atoms with Crippen LogP contribution >= 0.6 is 24.8 Å². The van der Waals surface area contributed by atoms with Gasteiger partial charge < -0.3 is 20.7 Å². The van der Waals surface area contributed by atoms with Crippen molar-refractivity contribution < 1.29 is 14.3 Å². The van der Waals surface area contributed by atoms with Gasteiger partial charge in [-0.15, -0.1) is 24.8 Å². The normalized spacial score (nSPS) is 20.1. The highest BCUT2D eigenvalue weighted by Gasteiger charge is 2.21. The minimum absolute atomic E-state index is 0. The summed E-state index contributed by atoms with van der Waals surface area (Å²) in [7, 11) is 0. The van der Waals surface area contributed by atoms with E-state index in [0.29, 0.717) is 25.4 Å². The molecule has 2 fully saturated rings. The average molecular weight is 433 g/mol. The second kappa shape index (κ2) is 13.0. The van der Waals surface area contributed by atoms with Crippen LogP contribution in [0.5, 0.6) is 0 Å². The van der Waals surface area contributed by atoms with Crippen molar-refractivity contribution in [3.8, 4) is 0 Å². The number of benzene rings is 1. The lowest BCUT2D eigenvalue weighted by molar-refractivity contribution is -0.128. The topological polar surface area (TPSA) is 82.7 Å². The van der Waals surface area contributed by atoms with E-state index in [1.54, 1.807) is 24.3 Å². The number of likely N-dealkylation sites (tertiary alicyclic amines) is 1. The summed E-state index contributed by atoms with van der Waals surface area (Å²) in [5.74, 6) is -0.152. The molecule has 2 aliphatic rings. The van der Waals surface area contributed by atoms with Crippen molar-refractivity contribution in [1.82, 2.24) is 10.2 Å². The zero-order valence-corrected chi connectivity index (χ0v) is 17.6. The van der Waals surface area contributed by atoms with Crippen LogP contribution in [0.2, 0.25) is 0 Å². The number of amides is 2. The summed E-state index contributed by atoms with van der Waals surface area (Å²) in [6, 6.07) is 7.18. The minimum Gasteiger partial charge on any atom is -0.366 e. The molecule has 1 aromatic rings. The maximum atomic E-state index is 12.2. The van der Waals surface area contributed by atoms with E-state index in [2.05, 4.69) is 20.9 Å². The Balaban J connectivity index is 0.00000196. The number of nitrogens with zero attached hydrogens (tertiary/aromatic N) is 1. The monoisotopic (exact) mass is 432 g/mol. The Hall–Kier alpha value is -1.38. The van der Waals surface area contributed by atoms with Crippen molar-refractivity contribution in [2.45, 2.75) is 31.8 Å². The van der Waals surface area contributed by atoms with Crippen molar-refractivity contribution in [3.05, 3.63) is 24.3 Å². The third-order valence-electron chi connectivity index (χ3n) is 4.72. The number of hydrogen-bond acceptors (Lipinski definition) is 5. The van der Waals surface area contributed by atoms with Gasteiger partial charge in [-0.05, 0) is 50.2 Å². The highest BCUT2D eigenvalue weighted by atomic mass is 35.5. The van der Waals surface area contributed by atoms with Crippen LogP contribution in [0.4, 0.5) is 11.4 Å². The molecule has 7 nitrogen and oxygen atoms in total. The van der Waals surface area contributed by atoms with E-state index in [1.165, 1.54) is 25.7 Å². The first kappa shape index (κ1) is 24.7. The van der Waals surface area contributed by atoms with Crippen LogP contribution in [0.15, 0.2) is 24.3 Å². The summed E-state index contributed by atoms with van der Waals surface area (Å²) in [6.07, 6.45) is 4.39. The van der Waals surface area contributed by atoms with Crippen LogP contribution in [-0.2, 0) is 14.3 Å². The van der Waals surface area contributed by atoms with Gasteiger partial charge in [-0.2, -0.15) is 0 Å². The van der Waals surface area contributed by atoms with Crippen LogP contribution in [0.1, 0.15) is 25.7 Å². The van der Waals surface area contributed by atoms with Gasteiger partial charge in [0.25, 0.3) is 5.91 Å². The molecule has 3 N–H and O–H groups in total. The van der Waals surface area contributed by atoms with Crippen LogP contribution in [0.3, 0.4) is 0 Å². The lowest BCUT2D eigenvalue weighted by Crippen LogP contribution is -2.45. The Morgan fingerprint density at radius 1 is 1.00 bits per heavy atom. The summed E-state index contributed by atoms with van der Waals surface area (Å²) in [4.78, 5) is 26.6. The number of carbonyl (C=O) groups excluding carboxylic acids is 2. The smallest absolute Gasteiger partial charge is 0.254 e. The Bertz CT molecular complexity index is 602. The second-order valence-corrected chi connectivity index (χ2v) is 6.87. The fourth-order valence-corrected chi connectivity index (χ4v) is 3.29. The van der Waals surface area contributed by atoms with E-state index in [4.69, 9.17) is 4.74 Å². The Morgan fingerprint density at radius 3 is 2.18 bits per heavy atom. The molecule has 0 aromatic heterocycles. The average Bonchev–Trinajstić information content (AvgIpc) is 2.92. The molecule has 9 heteroatoms. The van der Waals surface area contributed by atoms with Gasteiger partial charge >= 0.3 is 0 Å². The van der Waals surface area contributed by atoms with E-state index in [1.807, 2.05) is 0 Å². The summed E-state index contributed by atoms with van der Waals surface area (Å²) in [5, 5.41) is 8.90. The van der Waals surface area contributed by atoms with Gasteiger partial charge in [-0.3, -0.25) is 14.5 Å². The number of carbonyl (C=O) groups is 2. The quantitative estimate of drug-likeness (QED) is 0.664. The SMILES string of the molecule is Cl.Cl.O=C(CN1CCCCCC1)Nc1ccc(NC(=O)C2CNCCO2)cc1. The lowest BCUT2D eigenvalue weighted by Gasteiger charge is -2.22. The van der Waals surface area contributed by atoms with Gasteiger partial charge in [0.05, 0.1) is 13.2 Å². The zero-order valence-electron chi connectivity index (χ0n) is 15.9. The first-order chi connectivity index (χ1) is 12.7. The van der Waals surface area contributed by atoms with Crippen molar-refractivity contribution in [3.63, 3.8) is 0 Å². The molecule has 0 radical (unpaired) electrons. The summed E-state index contributed by atoms with van der Waals surface area (Å²) in [5.41, 5.74) is 1.42. The van der Waals surface area contributed by atoms with E-state index < -0.39 is 6.10 Å². The number of anilines is 2. The van der Waals surface area contributed by atoms with Gasteiger partial charge in [-0.1, -0.05) is 12.8 Å². The maximum absolute atomic E-state index is 12.2. The fourth-order valence-electron chi connectivity index (χ4n) is 3.29. The Labute approximate surface area is 178 Å². The molecule has 0 aliphatic carbocycles. The maximum Gasteiger partial charge on any atom is 0.254 e. The molecule has 0 saturated carbocycles. The fraction of sp³-hybridized carbons (Fsp3) is 0.579. The summed E-state index contributed by atoms with van der Waals surface area (Å²) in [6.45, 7) is 4.27. The third-order valence-corrected chi connectivity index (χ3v) is 4.72. The van der Waals surface area contributed by atoms with E-state index in [9.17, 15) is 9.59 Å². The number of nitrogens with one attached hydrogen (secondary N) is 3. The predicted octanol–water partition coefficient (Wildman–Crippen LogP) is 2.27. The molecule has 1 atom stereocenters. The minimum atomic E-state index is -0.461. The number of rotatable bonds is 5. The number of halogens is 2. The summed E-state index contributed by atoms with van der Waals surface area (Å²) >= 11 is 0. The highest BCUT2D eigenvalue weighted by Crippen LogP contribution is 2.15. The molecule has 2 saturated heterocycles. The van der Waals surface area contributed by atoms with Crippen LogP contribution in [-0.4, -0.2) is 62.1 Å². The van der Waals surface area contributed by atoms with Crippen molar-refractivity contribution >= 4 is 48.0 Å². The Kier molecular flexibility index (Phi) is 11.4. The molecule has 2 aliphatic heterocycles. The van der Waals surface area contributed by atoms with Gasteiger partial charge in [0.1, 0.15) is 6.10 Å². The standard InChI is InChI=1S/C19H28N4O3.2ClH/c24-18(14-23-10-3-1-2-4-11-23)21-15-5-7-16(8-6-15)22-19(25)17-13-20-9-12-26-17;;/h5-8,17,20H,1-4,9-14H2,(H,21,24)(H,22,25);2*1H. The van der Waals surface area contributed by atoms with Crippen LogP contribution < -0.4 is 16.0 Å². The largest absolute Gasteiger partial charge is 0.366 e. The molecule has 0 spiro atoms. The number of morpholine rings is 1. The van der Waals surface area contributed by atoms with Gasteiger partial charge in [0.2, 0.25) is 5.91 Å². The molecular formula is C19H30Cl2N4O3. The highest BCUT2D eigenvalue weighted by molar-refractivity contribution is 5.95. The molecule has 1 aromatic carbocycles. The number of hydrogen-bond donors (Lipinski definition) is 3. The zero-order chi connectivity index (χ0) is 18.2. The van der Waals surface area contributed by atoms with Crippen molar-refractivity contribution in [1.29, 1.82) is 0 Å². The van der Waals surface area contributed by atoms with Crippen molar-refractivity contribution in [2.24, 2.45) is 0 Å². The lowest BCUT2D eigenvalue weighted by atomic mass is 10.2. The van der Waals surface area contributed by atoms with Crippen LogP contribution in [0, 0.1) is 0 Å². The van der Waals surface area contributed by atoms with E-state index in [0.717, 1.165) is 25.3 Å². The van der Waals surface area contributed by atoms with Gasteiger partial charge in [0.15, 0.2) is 0 Å². The molecule has 2 heterocycles. The molecule has 1 unspecified atom stereocenters. The third kappa shape index (κ3) is 7.93. The first-order valence-electron chi connectivity index (χ1n) is 9.46. The molecular weight excluding hydrogens is 403 g/mol. The summed E-state index contributed by atoms with van der Waals surface area (Å²) < 4.78 is 5.43. The predicted molar refractivity (Wildman–Crippen MR) is 116 cm³/mol. The second-order valence-electron chi connectivity index (χ2n) is 6.87. The molecule has 3 rings (SSSR count).